The van der Waals surface area contributed by atoms with E-state index in [-0.39, 0.29) is 34.8 Å². The number of fused-ring (bicyclic) bond motifs is 1. The van der Waals surface area contributed by atoms with Crippen molar-refractivity contribution in [3.05, 3.63) is 41.0 Å². The van der Waals surface area contributed by atoms with Gasteiger partial charge in [-0.2, -0.15) is 0 Å². The van der Waals surface area contributed by atoms with E-state index in [1.54, 1.807) is 0 Å². The third-order valence-electron chi connectivity index (χ3n) is 5.09. The van der Waals surface area contributed by atoms with Gasteiger partial charge in [-0.25, -0.2) is 4.79 Å². The number of ether oxygens (including phenoxy) is 2. The van der Waals surface area contributed by atoms with Gasteiger partial charge in [-0.1, -0.05) is 0 Å². The molecule has 0 saturated carbocycles. The Morgan fingerprint density at radius 3 is 2.25 bits per heavy atom. The normalized spacial score (nSPS) is 23.7. The Balaban J connectivity index is 2.34. The molecule has 0 amide bonds. The Morgan fingerprint density at radius 2 is 1.68 bits per heavy atom. The summed E-state index contributed by atoms with van der Waals surface area (Å²) in [5.74, 6) is -4.54. The molecule has 0 fully saturated rings. The third kappa shape index (κ3) is 2.76. The van der Waals surface area contributed by atoms with Gasteiger partial charge >= 0.3 is 5.97 Å². The molecule has 2 aromatic carbocycles. The number of aliphatic hydroxyl groups is 2. The Kier molecular flexibility index (Phi) is 4.74. The van der Waals surface area contributed by atoms with E-state index in [9.17, 15) is 35.4 Å². The number of carbonyl (C=O) groups is 1. The van der Waals surface area contributed by atoms with Crippen molar-refractivity contribution in [3.63, 3.8) is 0 Å². The van der Waals surface area contributed by atoms with Crippen LogP contribution >= 0.6 is 0 Å². The van der Waals surface area contributed by atoms with Crippen molar-refractivity contribution in [2.24, 2.45) is 0 Å². The minimum Gasteiger partial charge on any atom is -0.504 e. The predicted octanol–water partition coefficient (Wildman–Crippen LogP) is 0.685. The topological polar surface area (TPSA) is 157 Å². The lowest BCUT2D eigenvalue weighted by molar-refractivity contribution is -0.175. The molecule has 0 saturated heterocycles. The van der Waals surface area contributed by atoms with Gasteiger partial charge in [-0.3, -0.25) is 0 Å². The number of methoxy groups -OCH3 is 2. The van der Waals surface area contributed by atoms with Crippen molar-refractivity contribution in [1.82, 2.24) is 0 Å². The van der Waals surface area contributed by atoms with Gasteiger partial charge in [0.15, 0.2) is 28.6 Å². The minimum atomic E-state index is -2.66. The standard InChI is InChI=1S/C19H20O9/c1-27-13-4-8-6-15(22)19(26,18(24)25)16(10(8)7-11(13)20)9-3-12(21)17(23)14(5-9)28-2/h3-5,7,15-16,20-23,26H,6H2,1-2H3,(H,24,25)/t15?,16-,19-/m1/s1. The van der Waals surface area contributed by atoms with Crippen molar-refractivity contribution < 1.29 is 44.9 Å². The Hall–Kier alpha value is -3.17. The van der Waals surface area contributed by atoms with Crippen LogP contribution in [0.5, 0.6) is 28.7 Å². The summed E-state index contributed by atoms with van der Waals surface area (Å²) < 4.78 is 10.0. The fourth-order valence-corrected chi connectivity index (χ4v) is 3.66. The first-order chi connectivity index (χ1) is 13.1. The molecule has 1 unspecified atom stereocenters. The van der Waals surface area contributed by atoms with Crippen LogP contribution in [-0.2, 0) is 11.2 Å². The van der Waals surface area contributed by atoms with E-state index in [2.05, 4.69) is 0 Å². The smallest absolute Gasteiger partial charge is 0.339 e. The highest BCUT2D eigenvalue weighted by atomic mass is 16.5. The predicted molar refractivity (Wildman–Crippen MR) is 95.1 cm³/mol. The van der Waals surface area contributed by atoms with Crippen LogP contribution in [0.15, 0.2) is 24.3 Å². The van der Waals surface area contributed by atoms with E-state index in [1.165, 1.54) is 32.4 Å². The second-order valence-corrected chi connectivity index (χ2v) is 6.60. The van der Waals surface area contributed by atoms with Gasteiger partial charge in [0.1, 0.15) is 0 Å². The Labute approximate surface area is 159 Å². The molecule has 1 aliphatic carbocycles. The molecule has 0 spiro atoms. The Bertz CT molecular complexity index is 939. The van der Waals surface area contributed by atoms with Crippen LogP contribution in [0.25, 0.3) is 0 Å². The number of carboxylic acid groups (broad SMARTS) is 1. The van der Waals surface area contributed by atoms with Gasteiger partial charge in [0, 0.05) is 6.42 Å². The van der Waals surface area contributed by atoms with E-state index in [1.807, 2.05) is 0 Å². The molecule has 9 heteroatoms. The molecule has 9 nitrogen and oxygen atoms in total. The summed E-state index contributed by atoms with van der Waals surface area (Å²) in [4.78, 5) is 12.0. The van der Waals surface area contributed by atoms with Crippen LogP contribution in [0.4, 0.5) is 0 Å². The lowest BCUT2D eigenvalue weighted by Gasteiger charge is -2.42. The van der Waals surface area contributed by atoms with Gasteiger partial charge < -0.3 is 40.1 Å². The molecule has 0 bridgehead atoms. The van der Waals surface area contributed by atoms with Crippen molar-refractivity contribution in [2.75, 3.05) is 14.2 Å². The number of phenols is 3. The molecule has 6 N–H and O–H groups in total. The zero-order valence-electron chi connectivity index (χ0n) is 15.1. The van der Waals surface area contributed by atoms with Crippen molar-refractivity contribution in [2.45, 2.75) is 24.0 Å². The maximum Gasteiger partial charge on any atom is 0.339 e. The van der Waals surface area contributed by atoms with Crippen molar-refractivity contribution in [3.8, 4) is 28.7 Å². The molecule has 0 heterocycles. The zero-order chi connectivity index (χ0) is 20.8. The van der Waals surface area contributed by atoms with E-state index < -0.39 is 35.1 Å². The lowest BCUT2D eigenvalue weighted by atomic mass is 9.67. The number of benzene rings is 2. The molecule has 28 heavy (non-hydrogen) atoms. The number of hydrogen-bond acceptors (Lipinski definition) is 8. The van der Waals surface area contributed by atoms with Crippen LogP contribution in [0.2, 0.25) is 0 Å². The van der Waals surface area contributed by atoms with Gasteiger partial charge in [-0.15, -0.1) is 0 Å². The number of aliphatic hydroxyl groups excluding tert-OH is 1. The van der Waals surface area contributed by atoms with Crippen LogP contribution in [0, 0.1) is 0 Å². The summed E-state index contributed by atoms with van der Waals surface area (Å²) in [5.41, 5.74) is -1.94. The van der Waals surface area contributed by atoms with Crippen LogP contribution in [0.1, 0.15) is 22.6 Å². The molecule has 0 aliphatic heterocycles. The van der Waals surface area contributed by atoms with Crippen molar-refractivity contribution in [1.29, 1.82) is 0 Å². The van der Waals surface area contributed by atoms with E-state index >= 15 is 0 Å². The molecule has 0 radical (unpaired) electrons. The number of aliphatic carboxylic acids is 1. The van der Waals surface area contributed by atoms with Gasteiger partial charge in [0.05, 0.1) is 26.2 Å². The summed E-state index contributed by atoms with van der Waals surface area (Å²) in [6, 6.07) is 5.01. The zero-order valence-corrected chi connectivity index (χ0v) is 15.1. The van der Waals surface area contributed by atoms with Gasteiger partial charge in [-0.05, 0) is 41.0 Å². The largest absolute Gasteiger partial charge is 0.504 e. The minimum absolute atomic E-state index is 0.0571. The van der Waals surface area contributed by atoms with Crippen LogP contribution < -0.4 is 9.47 Å². The van der Waals surface area contributed by atoms with Crippen molar-refractivity contribution >= 4 is 5.97 Å². The number of aromatic hydroxyl groups is 3. The molecule has 2 aromatic rings. The van der Waals surface area contributed by atoms with E-state index in [0.29, 0.717) is 5.56 Å². The summed E-state index contributed by atoms with van der Waals surface area (Å²) in [6.07, 6.45) is -1.90. The van der Waals surface area contributed by atoms with Gasteiger partial charge in [0.2, 0.25) is 5.75 Å². The molecular weight excluding hydrogens is 372 g/mol. The SMILES string of the molecule is COc1cc2c(cc1O)[C@@H](c1cc(O)c(O)c(OC)c1)[C@@](O)(C(=O)O)C(O)C2. The monoisotopic (exact) mass is 392 g/mol. The van der Waals surface area contributed by atoms with E-state index in [0.717, 1.165) is 6.07 Å². The fraction of sp³-hybridized carbons (Fsp3) is 0.316. The third-order valence-corrected chi connectivity index (χ3v) is 5.09. The maximum atomic E-state index is 12.0. The number of rotatable bonds is 4. The number of carboxylic acids is 1. The summed E-state index contributed by atoms with van der Waals surface area (Å²) in [5, 5.41) is 61.2. The second-order valence-electron chi connectivity index (χ2n) is 6.60. The molecule has 1 aliphatic rings. The molecule has 150 valence electrons. The molecular formula is C19H20O9. The first-order valence-corrected chi connectivity index (χ1v) is 8.28. The first kappa shape index (κ1) is 19.6. The van der Waals surface area contributed by atoms with E-state index in [4.69, 9.17) is 9.47 Å². The van der Waals surface area contributed by atoms with Gasteiger partial charge in [0.25, 0.3) is 0 Å². The molecule has 3 rings (SSSR count). The maximum absolute atomic E-state index is 12.0. The summed E-state index contributed by atoms with van der Waals surface area (Å²) in [7, 11) is 2.58. The summed E-state index contributed by atoms with van der Waals surface area (Å²) in [6.45, 7) is 0. The quantitative estimate of drug-likeness (QED) is 0.412. The van der Waals surface area contributed by atoms with Crippen LogP contribution in [-0.4, -0.2) is 62.5 Å². The molecule has 0 aromatic heterocycles. The average molecular weight is 392 g/mol. The summed E-state index contributed by atoms with van der Waals surface area (Å²) >= 11 is 0. The second kappa shape index (κ2) is 6.77. The van der Waals surface area contributed by atoms with Crippen LogP contribution in [0.3, 0.4) is 0 Å². The highest BCUT2D eigenvalue weighted by molar-refractivity contribution is 5.82. The highest BCUT2D eigenvalue weighted by Crippen LogP contribution is 2.49. The number of hydrogen-bond donors (Lipinski definition) is 6. The number of phenolic OH excluding ortho intramolecular Hbond substituents is 3. The highest BCUT2D eigenvalue weighted by Gasteiger charge is 2.55. The Morgan fingerprint density at radius 1 is 1.04 bits per heavy atom. The lowest BCUT2D eigenvalue weighted by Crippen LogP contribution is -2.57. The fourth-order valence-electron chi connectivity index (χ4n) is 3.66. The molecule has 3 atom stereocenters. The first-order valence-electron chi connectivity index (χ1n) is 8.28. The average Bonchev–Trinajstić information content (AvgIpc) is 2.65.